The fourth-order valence-corrected chi connectivity index (χ4v) is 7.36. The first-order chi connectivity index (χ1) is 15.6. The third-order valence-corrected chi connectivity index (χ3v) is 8.80. The monoisotopic (exact) mass is 456 g/mol. The Morgan fingerprint density at radius 2 is 1.55 bits per heavy atom. The molecule has 4 aliphatic rings. The van der Waals surface area contributed by atoms with Crippen LogP contribution in [0.5, 0.6) is 11.5 Å². The van der Waals surface area contributed by atoms with Crippen molar-refractivity contribution in [1.29, 1.82) is 0 Å². The molecule has 33 heavy (non-hydrogen) atoms. The number of hydrogen-bond acceptors (Lipinski definition) is 5. The lowest BCUT2D eigenvalue weighted by Gasteiger charge is -2.45. The summed E-state index contributed by atoms with van der Waals surface area (Å²) in [7, 11) is 0. The van der Waals surface area contributed by atoms with E-state index in [1.54, 1.807) is 26.0 Å². The first kappa shape index (κ1) is 24.1. The fraction of sp³-hybridized carbons (Fsp3) is 0.714. The number of aromatic hydroxyl groups is 1. The third kappa shape index (κ3) is 4.52. The van der Waals surface area contributed by atoms with Crippen LogP contribution in [0, 0.1) is 47.3 Å². The molecule has 0 aromatic heterocycles. The minimum atomic E-state index is -0.273. The molecule has 5 heteroatoms. The normalized spacial score (nSPS) is 35.4. The van der Waals surface area contributed by atoms with E-state index in [1.807, 2.05) is 13.8 Å². The first-order valence-corrected chi connectivity index (χ1v) is 12.9. The maximum atomic E-state index is 12.2. The number of carbonyl (C=O) groups excluding carboxylic acids is 2. The summed E-state index contributed by atoms with van der Waals surface area (Å²) in [6.45, 7) is 9.68. The maximum absolute atomic E-state index is 12.2. The molecule has 4 fully saturated rings. The average Bonchev–Trinajstić information content (AvgIpc) is 3.55. The highest BCUT2D eigenvalue weighted by atomic mass is 16.6. The summed E-state index contributed by atoms with van der Waals surface area (Å²) in [5.41, 5.74) is -0.0995. The van der Waals surface area contributed by atoms with Crippen molar-refractivity contribution in [3.05, 3.63) is 24.3 Å². The SMILES string of the molecule is CC(C)C(=O)Oc1ccc(O)cc1.CCC1(OC(=O)C(C)C)CC2CC1C1C3CCC(C3)C21. The Hall–Kier alpha value is -2.04. The number of rotatable bonds is 5. The molecule has 1 aromatic carbocycles. The molecule has 4 bridgehead atoms. The molecule has 0 heterocycles. The second-order valence-electron chi connectivity index (χ2n) is 11.4. The van der Waals surface area contributed by atoms with Crippen LogP contribution >= 0.6 is 0 Å². The fourth-order valence-electron chi connectivity index (χ4n) is 7.36. The van der Waals surface area contributed by atoms with Crippen molar-refractivity contribution < 1.29 is 24.2 Å². The molecule has 4 saturated carbocycles. The van der Waals surface area contributed by atoms with Crippen molar-refractivity contribution in [1.82, 2.24) is 0 Å². The number of hydrogen-bond donors (Lipinski definition) is 1. The topological polar surface area (TPSA) is 72.8 Å². The van der Waals surface area contributed by atoms with Crippen LogP contribution in [-0.2, 0) is 14.3 Å². The van der Waals surface area contributed by atoms with Crippen LogP contribution in [0.2, 0.25) is 0 Å². The zero-order chi connectivity index (χ0) is 23.9. The summed E-state index contributed by atoms with van der Waals surface area (Å²) < 4.78 is 11.1. The number of phenolic OH excluding ortho intramolecular Hbond substituents is 1. The van der Waals surface area contributed by atoms with Crippen LogP contribution in [0.25, 0.3) is 0 Å². The third-order valence-electron chi connectivity index (χ3n) is 8.80. The van der Waals surface area contributed by atoms with Gasteiger partial charge in [0.05, 0.1) is 11.8 Å². The Morgan fingerprint density at radius 3 is 2.12 bits per heavy atom. The molecule has 7 unspecified atom stereocenters. The Bertz CT molecular complexity index is 860. The van der Waals surface area contributed by atoms with Gasteiger partial charge < -0.3 is 14.6 Å². The van der Waals surface area contributed by atoms with Gasteiger partial charge in [0.2, 0.25) is 0 Å². The van der Waals surface area contributed by atoms with Gasteiger partial charge in [0.25, 0.3) is 0 Å². The summed E-state index contributed by atoms with van der Waals surface area (Å²) >= 11 is 0. The van der Waals surface area contributed by atoms with Gasteiger partial charge in [0.1, 0.15) is 17.1 Å². The van der Waals surface area contributed by atoms with Crippen LogP contribution in [0.1, 0.15) is 73.1 Å². The predicted molar refractivity (Wildman–Crippen MR) is 127 cm³/mol. The molecule has 5 nitrogen and oxygen atoms in total. The van der Waals surface area contributed by atoms with E-state index in [0.29, 0.717) is 11.7 Å². The molecule has 1 aromatic rings. The summed E-state index contributed by atoms with van der Waals surface area (Å²) in [6.07, 6.45) is 7.96. The van der Waals surface area contributed by atoms with E-state index < -0.39 is 0 Å². The average molecular weight is 457 g/mol. The highest BCUT2D eigenvalue weighted by Gasteiger charge is 2.67. The largest absolute Gasteiger partial charge is 0.508 e. The van der Waals surface area contributed by atoms with Crippen molar-refractivity contribution in [2.75, 3.05) is 0 Å². The molecule has 0 amide bonds. The van der Waals surface area contributed by atoms with Crippen LogP contribution in [-0.4, -0.2) is 22.6 Å². The van der Waals surface area contributed by atoms with E-state index in [9.17, 15) is 9.59 Å². The molecule has 0 spiro atoms. The molecule has 4 aliphatic carbocycles. The number of benzene rings is 1. The van der Waals surface area contributed by atoms with Crippen molar-refractivity contribution in [2.24, 2.45) is 47.3 Å². The van der Waals surface area contributed by atoms with Crippen LogP contribution in [0.3, 0.4) is 0 Å². The van der Waals surface area contributed by atoms with Crippen molar-refractivity contribution >= 4 is 11.9 Å². The second-order valence-corrected chi connectivity index (χ2v) is 11.4. The van der Waals surface area contributed by atoms with Crippen molar-refractivity contribution in [2.45, 2.75) is 78.7 Å². The van der Waals surface area contributed by atoms with Crippen molar-refractivity contribution in [3.63, 3.8) is 0 Å². The summed E-state index contributed by atoms with van der Waals surface area (Å²) in [4.78, 5) is 23.3. The molecule has 5 rings (SSSR count). The Balaban J connectivity index is 0.000000174. The molecular formula is C28H40O5. The standard InChI is InChI=1S/C18H28O2.C10H12O3/c1-4-18(20-17(19)10(2)3)9-13-8-14(18)16-12-6-5-11(7-12)15(13)16;1-7(2)10(12)13-9-5-3-8(11)4-6-9/h10-16H,4-9H2,1-3H3;3-7,11H,1-2H3. The van der Waals surface area contributed by atoms with Gasteiger partial charge in [-0.05, 0) is 92.4 Å². The summed E-state index contributed by atoms with van der Waals surface area (Å²) in [6, 6.07) is 6.05. The molecule has 0 radical (unpaired) electrons. The van der Waals surface area contributed by atoms with Gasteiger partial charge in [-0.15, -0.1) is 0 Å². The van der Waals surface area contributed by atoms with Gasteiger partial charge in [-0.1, -0.05) is 34.6 Å². The van der Waals surface area contributed by atoms with Crippen LogP contribution < -0.4 is 4.74 Å². The second kappa shape index (κ2) is 9.31. The lowest BCUT2D eigenvalue weighted by Crippen LogP contribution is -2.48. The maximum Gasteiger partial charge on any atom is 0.313 e. The van der Waals surface area contributed by atoms with Crippen LogP contribution in [0.4, 0.5) is 0 Å². The minimum Gasteiger partial charge on any atom is -0.508 e. The predicted octanol–water partition coefficient (Wildman–Crippen LogP) is 5.99. The molecule has 0 aliphatic heterocycles. The van der Waals surface area contributed by atoms with Gasteiger partial charge in [0.15, 0.2) is 0 Å². The first-order valence-electron chi connectivity index (χ1n) is 12.9. The number of ether oxygens (including phenoxy) is 2. The lowest BCUT2D eigenvalue weighted by atomic mass is 9.65. The van der Waals surface area contributed by atoms with E-state index >= 15 is 0 Å². The number of carbonyl (C=O) groups is 2. The summed E-state index contributed by atoms with van der Waals surface area (Å²) in [5, 5.41) is 8.96. The van der Waals surface area contributed by atoms with Gasteiger partial charge >= 0.3 is 11.9 Å². The van der Waals surface area contributed by atoms with E-state index in [1.165, 1.54) is 37.8 Å². The minimum absolute atomic E-state index is 0.00776. The highest BCUT2D eigenvalue weighted by molar-refractivity contribution is 5.74. The number of fused-ring (bicyclic) bond motifs is 9. The molecule has 7 atom stereocenters. The summed E-state index contributed by atoms with van der Waals surface area (Å²) in [5.74, 6) is 5.65. The van der Waals surface area contributed by atoms with Gasteiger partial charge in [0, 0.05) is 5.92 Å². The van der Waals surface area contributed by atoms with Gasteiger partial charge in [-0.2, -0.15) is 0 Å². The van der Waals surface area contributed by atoms with E-state index in [4.69, 9.17) is 14.6 Å². The van der Waals surface area contributed by atoms with Gasteiger partial charge in [-0.3, -0.25) is 9.59 Å². The highest BCUT2D eigenvalue weighted by Crippen LogP contribution is 2.70. The zero-order valence-corrected chi connectivity index (χ0v) is 20.8. The molecule has 1 N–H and O–H groups in total. The van der Waals surface area contributed by atoms with Gasteiger partial charge in [-0.25, -0.2) is 0 Å². The molecule has 0 saturated heterocycles. The van der Waals surface area contributed by atoms with Crippen LogP contribution in [0.15, 0.2) is 24.3 Å². The zero-order valence-electron chi connectivity index (χ0n) is 20.8. The Labute approximate surface area is 198 Å². The Kier molecular flexibility index (Phi) is 6.80. The van der Waals surface area contributed by atoms with E-state index in [0.717, 1.165) is 42.4 Å². The quantitative estimate of drug-likeness (QED) is 0.335. The van der Waals surface area contributed by atoms with Crippen molar-refractivity contribution in [3.8, 4) is 11.5 Å². The molecular weight excluding hydrogens is 416 g/mol. The lowest BCUT2D eigenvalue weighted by molar-refractivity contribution is -0.176. The number of esters is 2. The van der Waals surface area contributed by atoms with E-state index in [-0.39, 0.29) is 35.1 Å². The molecule has 182 valence electrons. The van der Waals surface area contributed by atoms with E-state index in [2.05, 4.69) is 6.92 Å². The smallest absolute Gasteiger partial charge is 0.313 e. The number of phenols is 1. The Morgan fingerprint density at radius 1 is 0.939 bits per heavy atom.